The fourth-order valence-electron chi connectivity index (χ4n) is 6.73. The highest BCUT2D eigenvalue weighted by Gasteiger charge is 2.53. The Morgan fingerprint density at radius 1 is 1.17 bits per heavy atom. The van der Waals surface area contributed by atoms with Gasteiger partial charge in [0.15, 0.2) is 0 Å². The van der Waals surface area contributed by atoms with Crippen molar-refractivity contribution < 1.29 is 14.3 Å². The summed E-state index contributed by atoms with van der Waals surface area (Å²) < 4.78 is 11.1. The van der Waals surface area contributed by atoms with Gasteiger partial charge in [0.05, 0.1) is 13.0 Å². The Bertz CT molecular complexity index is 953. The first-order chi connectivity index (χ1) is 14.6. The molecule has 4 saturated carbocycles. The van der Waals surface area contributed by atoms with Crippen LogP contribution in [0, 0.1) is 23.7 Å². The molecule has 6 nitrogen and oxygen atoms in total. The second-order valence-corrected chi connectivity index (χ2v) is 10.8. The second kappa shape index (κ2) is 6.94. The predicted molar refractivity (Wildman–Crippen MR) is 114 cm³/mol. The molecule has 1 aliphatic heterocycles. The van der Waals surface area contributed by atoms with Crippen LogP contribution in [-0.2, 0) is 16.6 Å². The number of hydrogen-bond acceptors (Lipinski definition) is 6. The van der Waals surface area contributed by atoms with Crippen LogP contribution in [0.4, 0.5) is 5.13 Å². The maximum absolute atomic E-state index is 12.9. The van der Waals surface area contributed by atoms with Gasteiger partial charge in [0, 0.05) is 5.41 Å². The number of carbonyl (C=O) groups is 1. The topological polar surface area (TPSA) is 73.3 Å². The standard InChI is InChI=1S/C23H27N3O3S/c1-28-18-2-3-19-16(8-18)7-17(12-29-19)20(27)24-22-26-25-21(30-22)23-9-13-4-14(10-23)6-15(5-13)11-23/h2-3,8,13-15,17H,4-7,9-12H2,1H3,(H,24,26,27). The number of nitrogens with one attached hydrogen (secondary N) is 1. The molecule has 1 N–H and O–H groups in total. The molecule has 1 atom stereocenters. The number of anilines is 1. The zero-order valence-corrected chi connectivity index (χ0v) is 18.0. The van der Waals surface area contributed by atoms with Crippen molar-refractivity contribution in [2.24, 2.45) is 23.7 Å². The van der Waals surface area contributed by atoms with Crippen LogP contribution in [0.5, 0.6) is 11.5 Å². The fraction of sp³-hybridized carbons (Fsp3) is 0.609. The number of nitrogens with zero attached hydrogens (tertiary/aromatic N) is 2. The highest BCUT2D eigenvalue weighted by atomic mass is 32.1. The molecule has 158 valence electrons. The molecule has 0 saturated heterocycles. The van der Waals surface area contributed by atoms with Crippen LogP contribution in [0.25, 0.3) is 0 Å². The van der Waals surface area contributed by atoms with E-state index >= 15 is 0 Å². The molecule has 1 unspecified atom stereocenters. The first-order valence-corrected chi connectivity index (χ1v) is 11.9. The average molecular weight is 426 g/mol. The quantitative estimate of drug-likeness (QED) is 0.795. The van der Waals surface area contributed by atoms with Crippen molar-refractivity contribution in [1.29, 1.82) is 0 Å². The van der Waals surface area contributed by atoms with E-state index in [2.05, 4.69) is 15.5 Å². The van der Waals surface area contributed by atoms with Crippen LogP contribution < -0.4 is 14.8 Å². The Labute approximate surface area is 180 Å². The molecule has 1 aromatic carbocycles. The summed E-state index contributed by atoms with van der Waals surface area (Å²) in [6.07, 6.45) is 8.66. The second-order valence-electron chi connectivity index (χ2n) is 9.79. The summed E-state index contributed by atoms with van der Waals surface area (Å²) in [6, 6.07) is 5.74. The van der Waals surface area contributed by atoms with Crippen molar-refractivity contribution >= 4 is 22.4 Å². The van der Waals surface area contributed by atoms with Crippen molar-refractivity contribution in [3.63, 3.8) is 0 Å². The fourth-order valence-corrected chi connectivity index (χ4v) is 7.70. The van der Waals surface area contributed by atoms with E-state index in [1.165, 1.54) is 38.5 Å². The maximum Gasteiger partial charge on any atom is 0.233 e. The van der Waals surface area contributed by atoms with Gasteiger partial charge in [-0.2, -0.15) is 0 Å². The smallest absolute Gasteiger partial charge is 0.233 e. The van der Waals surface area contributed by atoms with Gasteiger partial charge in [0.25, 0.3) is 0 Å². The number of methoxy groups -OCH3 is 1. The van der Waals surface area contributed by atoms with Gasteiger partial charge in [-0.25, -0.2) is 0 Å². The molecule has 7 rings (SSSR count). The Morgan fingerprint density at radius 3 is 2.60 bits per heavy atom. The zero-order chi connectivity index (χ0) is 20.3. The molecule has 7 heteroatoms. The maximum atomic E-state index is 12.9. The van der Waals surface area contributed by atoms with E-state index in [0.29, 0.717) is 18.2 Å². The van der Waals surface area contributed by atoms with E-state index in [0.717, 1.165) is 39.8 Å². The normalized spacial score (nSPS) is 33.6. The summed E-state index contributed by atoms with van der Waals surface area (Å²) in [5.41, 5.74) is 1.23. The molecule has 4 aliphatic carbocycles. The molecule has 2 aromatic rings. The minimum absolute atomic E-state index is 0.0447. The van der Waals surface area contributed by atoms with Gasteiger partial charge in [-0.3, -0.25) is 4.79 Å². The third kappa shape index (κ3) is 3.09. The van der Waals surface area contributed by atoms with Gasteiger partial charge in [0.2, 0.25) is 11.0 Å². The minimum atomic E-state index is -0.239. The Hall–Kier alpha value is -2.15. The summed E-state index contributed by atoms with van der Waals surface area (Å²) in [6.45, 7) is 0.381. The lowest BCUT2D eigenvalue weighted by atomic mass is 9.50. The third-order valence-electron chi connectivity index (χ3n) is 7.69. The van der Waals surface area contributed by atoms with Gasteiger partial charge >= 0.3 is 0 Å². The summed E-state index contributed by atoms with van der Waals surface area (Å²) >= 11 is 1.59. The molecule has 0 radical (unpaired) electrons. The molecule has 1 amide bonds. The first kappa shape index (κ1) is 18.6. The number of fused-ring (bicyclic) bond motifs is 1. The van der Waals surface area contributed by atoms with Crippen LogP contribution >= 0.6 is 11.3 Å². The first-order valence-electron chi connectivity index (χ1n) is 11.0. The summed E-state index contributed by atoms with van der Waals surface area (Å²) in [4.78, 5) is 12.9. The lowest BCUT2D eigenvalue weighted by molar-refractivity contribution is -0.121. The van der Waals surface area contributed by atoms with Gasteiger partial charge in [-0.15, -0.1) is 10.2 Å². The number of aromatic nitrogens is 2. The minimum Gasteiger partial charge on any atom is -0.497 e. The molecule has 4 fully saturated rings. The van der Waals surface area contributed by atoms with Gasteiger partial charge < -0.3 is 14.8 Å². The summed E-state index contributed by atoms with van der Waals surface area (Å²) in [5.74, 6) is 3.94. The van der Waals surface area contributed by atoms with E-state index in [1.54, 1.807) is 18.4 Å². The lowest BCUT2D eigenvalue weighted by Gasteiger charge is -2.55. The molecule has 0 spiro atoms. The van der Waals surface area contributed by atoms with Gasteiger partial charge in [0.1, 0.15) is 23.1 Å². The number of hydrogen-bond donors (Lipinski definition) is 1. The average Bonchev–Trinajstić information content (AvgIpc) is 3.21. The summed E-state index contributed by atoms with van der Waals surface area (Å²) in [7, 11) is 1.65. The number of benzene rings is 1. The molecule has 2 heterocycles. The van der Waals surface area contributed by atoms with Gasteiger partial charge in [-0.05, 0) is 86.5 Å². The SMILES string of the molecule is COc1ccc2c(c1)CC(C(=O)Nc1nnc(C34CC5CC(CC(C5)C3)C4)s1)CO2. The third-order valence-corrected chi connectivity index (χ3v) is 8.78. The monoisotopic (exact) mass is 425 g/mol. The van der Waals surface area contributed by atoms with Gasteiger partial charge in [-0.1, -0.05) is 11.3 Å². The van der Waals surface area contributed by atoms with E-state index in [4.69, 9.17) is 9.47 Å². The highest BCUT2D eigenvalue weighted by Crippen LogP contribution is 2.61. The number of rotatable bonds is 4. The number of carbonyl (C=O) groups excluding carboxylic acids is 1. The van der Waals surface area contributed by atoms with Crippen molar-refractivity contribution in [2.75, 3.05) is 19.0 Å². The highest BCUT2D eigenvalue weighted by molar-refractivity contribution is 7.15. The molecular weight excluding hydrogens is 398 g/mol. The van der Waals surface area contributed by atoms with Crippen LogP contribution in [-0.4, -0.2) is 29.8 Å². The summed E-state index contributed by atoms with van der Waals surface area (Å²) in [5, 5.41) is 13.7. The largest absolute Gasteiger partial charge is 0.497 e. The Balaban J connectivity index is 1.16. The molecule has 5 aliphatic rings. The van der Waals surface area contributed by atoms with Crippen LogP contribution in [0.2, 0.25) is 0 Å². The molecule has 1 aromatic heterocycles. The molecular formula is C23H27N3O3S. The number of amides is 1. The van der Waals surface area contributed by atoms with Crippen molar-refractivity contribution in [2.45, 2.75) is 50.4 Å². The predicted octanol–water partition coefficient (Wildman–Crippen LogP) is 4.20. The van der Waals surface area contributed by atoms with Crippen molar-refractivity contribution in [3.05, 3.63) is 28.8 Å². The molecule has 30 heavy (non-hydrogen) atoms. The van der Waals surface area contributed by atoms with E-state index < -0.39 is 0 Å². The van der Waals surface area contributed by atoms with E-state index in [-0.39, 0.29) is 17.2 Å². The zero-order valence-electron chi connectivity index (χ0n) is 17.2. The van der Waals surface area contributed by atoms with Crippen molar-refractivity contribution in [1.82, 2.24) is 10.2 Å². The Morgan fingerprint density at radius 2 is 1.90 bits per heavy atom. The lowest BCUT2D eigenvalue weighted by Crippen LogP contribution is -2.48. The van der Waals surface area contributed by atoms with Crippen molar-refractivity contribution in [3.8, 4) is 11.5 Å². The number of ether oxygens (including phenoxy) is 2. The van der Waals surface area contributed by atoms with Crippen LogP contribution in [0.3, 0.4) is 0 Å². The molecule has 4 bridgehead atoms. The van der Waals surface area contributed by atoms with E-state index in [1.807, 2.05) is 18.2 Å². The Kier molecular flexibility index (Phi) is 4.30. The van der Waals surface area contributed by atoms with E-state index in [9.17, 15) is 4.79 Å². The van der Waals surface area contributed by atoms with Crippen LogP contribution in [0.1, 0.15) is 49.1 Å². The van der Waals surface area contributed by atoms with Crippen LogP contribution in [0.15, 0.2) is 18.2 Å².